The van der Waals surface area contributed by atoms with Gasteiger partial charge in [0.15, 0.2) is 0 Å². The number of ether oxygens (including phenoxy) is 1. The Hall–Kier alpha value is -2.33. The molecule has 2 aromatic carbocycles. The van der Waals surface area contributed by atoms with Crippen molar-refractivity contribution in [1.29, 1.82) is 0 Å². The van der Waals surface area contributed by atoms with Gasteiger partial charge in [-0.1, -0.05) is 42.7 Å². The second kappa shape index (κ2) is 10.3. The van der Waals surface area contributed by atoms with E-state index in [0.717, 1.165) is 18.8 Å². The third-order valence-electron chi connectivity index (χ3n) is 5.43. The topological polar surface area (TPSA) is 41.6 Å². The van der Waals surface area contributed by atoms with Crippen LogP contribution in [0.25, 0.3) is 0 Å². The monoisotopic (exact) mass is 380 g/mol. The summed E-state index contributed by atoms with van der Waals surface area (Å²) in [6, 6.07) is 16.3. The fourth-order valence-electron chi connectivity index (χ4n) is 3.81. The van der Waals surface area contributed by atoms with E-state index in [4.69, 9.17) is 4.74 Å². The van der Waals surface area contributed by atoms with Gasteiger partial charge in [-0.3, -0.25) is 9.69 Å². The summed E-state index contributed by atoms with van der Waals surface area (Å²) in [5, 5.41) is 3.16. The van der Waals surface area contributed by atoms with Crippen LogP contribution in [0.1, 0.15) is 60.1 Å². The first-order valence-corrected chi connectivity index (χ1v) is 10.5. The van der Waals surface area contributed by atoms with Crippen molar-refractivity contribution in [2.45, 2.75) is 45.6 Å². The van der Waals surface area contributed by atoms with Crippen LogP contribution in [0.5, 0.6) is 5.75 Å². The minimum atomic E-state index is -0.0324. The Balaban J connectivity index is 1.69. The van der Waals surface area contributed by atoms with Crippen molar-refractivity contribution in [1.82, 2.24) is 10.2 Å². The van der Waals surface area contributed by atoms with Crippen LogP contribution >= 0.6 is 0 Å². The van der Waals surface area contributed by atoms with Gasteiger partial charge in [0.05, 0.1) is 12.6 Å². The van der Waals surface area contributed by atoms with Gasteiger partial charge in [0.2, 0.25) is 0 Å². The van der Waals surface area contributed by atoms with Gasteiger partial charge < -0.3 is 10.1 Å². The van der Waals surface area contributed by atoms with Crippen molar-refractivity contribution < 1.29 is 9.53 Å². The van der Waals surface area contributed by atoms with Gasteiger partial charge in [-0.2, -0.15) is 0 Å². The summed E-state index contributed by atoms with van der Waals surface area (Å²) in [6.07, 6.45) is 5.07. The molecular formula is C24H32N2O2. The molecule has 28 heavy (non-hydrogen) atoms. The Labute approximate surface area is 168 Å². The van der Waals surface area contributed by atoms with E-state index in [9.17, 15) is 4.79 Å². The summed E-state index contributed by atoms with van der Waals surface area (Å²) in [7, 11) is 0. The quantitative estimate of drug-likeness (QED) is 0.754. The molecular weight excluding hydrogens is 348 g/mol. The molecule has 1 aliphatic heterocycles. The van der Waals surface area contributed by atoms with Crippen LogP contribution in [0.2, 0.25) is 0 Å². The van der Waals surface area contributed by atoms with Crippen LogP contribution in [0.15, 0.2) is 48.5 Å². The maximum absolute atomic E-state index is 12.7. The molecule has 4 nitrogen and oxygen atoms in total. The highest BCUT2D eigenvalue weighted by Crippen LogP contribution is 2.24. The molecule has 0 aliphatic carbocycles. The second-order valence-electron chi connectivity index (χ2n) is 7.54. The molecule has 4 heteroatoms. The van der Waals surface area contributed by atoms with Gasteiger partial charge in [-0.05, 0) is 69.6 Å². The standard InChI is InChI=1S/C24H32N2O2/c1-3-28-22-14-12-21(13-15-22)24(27)25-18-23(20-10-8-19(2)9-11-20)26-16-6-4-5-7-17-26/h8-15,23H,3-7,16-18H2,1-2H3,(H,25,27)/t23-/m1/s1. The summed E-state index contributed by atoms with van der Waals surface area (Å²) in [5.74, 6) is 0.760. The fourth-order valence-corrected chi connectivity index (χ4v) is 3.81. The number of benzene rings is 2. The number of nitrogens with one attached hydrogen (secondary N) is 1. The molecule has 0 aromatic heterocycles. The van der Waals surface area contributed by atoms with E-state index in [1.54, 1.807) is 0 Å². The van der Waals surface area contributed by atoms with Gasteiger partial charge >= 0.3 is 0 Å². The molecule has 1 amide bonds. The van der Waals surface area contributed by atoms with Crippen LogP contribution in [0.3, 0.4) is 0 Å². The van der Waals surface area contributed by atoms with E-state index in [-0.39, 0.29) is 11.9 Å². The van der Waals surface area contributed by atoms with Crippen molar-refractivity contribution in [3.05, 3.63) is 65.2 Å². The average Bonchev–Trinajstić information content (AvgIpc) is 2.99. The number of aryl methyl sites for hydroxylation is 1. The van der Waals surface area contributed by atoms with E-state index in [2.05, 4.69) is 41.4 Å². The van der Waals surface area contributed by atoms with Crippen LogP contribution in [0.4, 0.5) is 0 Å². The number of hydrogen-bond donors (Lipinski definition) is 1. The molecule has 0 spiro atoms. The Morgan fingerprint density at radius 1 is 1.00 bits per heavy atom. The van der Waals surface area contributed by atoms with Crippen molar-refractivity contribution in [2.75, 3.05) is 26.2 Å². The zero-order chi connectivity index (χ0) is 19.8. The summed E-state index contributed by atoms with van der Waals surface area (Å²) in [5.41, 5.74) is 3.21. The fraction of sp³-hybridized carbons (Fsp3) is 0.458. The van der Waals surface area contributed by atoms with E-state index >= 15 is 0 Å². The van der Waals surface area contributed by atoms with E-state index < -0.39 is 0 Å². The molecule has 1 saturated heterocycles. The number of hydrogen-bond acceptors (Lipinski definition) is 3. The highest BCUT2D eigenvalue weighted by Gasteiger charge is 2.22. The van der Waals surface area contributed by atoms with Gasteiger partial charge in [0.1, 0.15) is 5.75 Å². The van der Waals surface area contributed by atoms with Crippen LogP contribution in [-0.4, -0.2) is 37.0 Å². The maximum atomic E-state index is 12.7. The van der Waals surface area contributed by atoms with Crippen LogP contribution < -0.4 is 10.1 Å². The summed E-state index contributed by atoms with van der Waals surface area (Å²) in [4.78, 5) is 15.2. The second-order valence-corrected chi connectivity index (χ2v) is 7.54. The molecule has 1 atom stereocenters. The highest BCUT2D eigenvalue weighted by atomic mass is 16.5. The zero-order valence-electron chi connectivity index (χ0n) is 17.1. The molecule has 1 aliphatic rings. The van der Waals surface area contributed by atoms with Gasteiger partial charge in [-0.25, -0.2) is 0 Å². The zero-order valence-corrected chi connectivity index (χ0v) is 17.1. The molecule has 1 fully saturated rings. The predicted molar refractivity (Wildman–Crippen MR) is 114 cm³/mol. The minimum absolute atomic E-state index is 0.0324. The lowest BCUT2D eigenvalue weighted by Gasteiger charge is -2.31. The third-order valence-corrected chi connectivity index (χ3v) is 5.43. The number of carbonyl (C=O) groups is 1. The number of rotatable bonds is 7. The molecule has 0 unspecified atom stereocenters. The third kappa shape index (κ3) is 5.59. The molecule has 1 N–H and O–H groups in total. The van der Waals surface area contributed by atoms with E-state index in [0.29, 0.717) is 18.7 Å². The van der Waals surface area contributed by atoms with Crippen molar-refractivity contribution in [3.63, 3.8) is 0 Å². The minimum Gasteiger partial charge on any atom is -0.494 e. The predicted octanol–water partition coefficient (Wildman–Crippen LogP) is 4.74. The molecule has 0 radical (unpaired) electrons. The number of amides is 1. The van der Waals surface area contributed by atoms with Gasteiger partial charge in [-0.15, -0.1) is 0 Å². The Kier molecular flexibility index (Phi) is 7.49. The summed E-state index contributed by atoms with van der Waals surface area (Å²) < 4.78 is 5.46. The lowest BCUT2D eigenvalue weighted by molar-refractivity contribution is 0.0933. The first-order valence-electron chi connectivity index (χ1n) is 10.5. The Bertz CT molecular complexity index is 732. The average molecular weight is 381 g/mol. The van der Waals surface area contributed by atoms with Crippen molar-refractivity contribution in [3.8, 4) is 5.75 Å². The lowest BCUT2D eigenvalue weighted by atomic mass is 10.0. The van der Waals surface area contributed by atoms with Gasteiger partial charge in [0.25, 0.3) is 5.91 Å². The first kappa shape index (κ1) is 20.4. The molecule has 0 saturated carbocycles. The Morgan fingerprint density at radius 3 is 2.25 bits per heavy atom. The number of carbonyl (C=O) groups excluding carboxylic acids is 1. The van der Waals surface area contributed by atoms with Crippen molar-refractivity contribution in [2.24, 2.45) is 0 Å². The Morgan fingerprint density at radius 2 is 1.64 bits per heavy atom. The largest absolute Gasteiger partial charge is 0.494 e. The van der Waals surface area contributed by atoms with E-state index in [1.165, 1.54) is 36.8 Å². The van der Waals surface area contributed by atoms with Crippen molar-refractivity contribution >= 4 is 5.91 Å². The molecule has 150 valence electrons. The molecule has 0 bridgehead atoms. The maximum Gasteiger partial charge on any atom is 0.251 e. The highest BCUT2D eigenvalue weighted by molar-refractivity contribution is 5.94. The van der Waals surface area contributed by atoms with E-state index in [1.807, 2.05) is 31.2 Å². The van der Waals surface area contributed by atoms with Gasteiger partial charge in [0, 0.05) is 12.1 Å². The SMILES string of the molecule is CCOc1ccc(C(=O)NC[C@H](c2ccc(C)cc2)N2CCCCCC2)cc1. The lowest BCUT2D eigenvalue weighted by Crippen LogP contribution is -2.38. The molecule has 1 heterocycles. The molecule has 2 aromatic rings. The van der Waals surface area contributed by atoms with Crippen LogP contribution in [-0.2, 0) is 0 Å². The number of nitrogens with zero attached hydrogens (tertiary/aromatic N) is 1. The summed E-state index contributed by atoms with van der Waals surface area (Å²) >= 11 is 0. The summed E-state index contributed by atoms with van der Waals surface area (Å²) in [6.45, 7) is 7.50. The normalized spacial score (nSPS) is 16.2. The first-order chi connectivity index (χ1) is 13.7. The smallest absolute Gasteiger partial charge is 0.251 e. The van der Waals surface area contributed by atoms with Crippen LogP contribution in [0, 0.1) is 6.92 Å². The number of likely N-dealkylation sites (tertiary alicyclic amines) is 1. The molecule has 3 rings (SSSR count).